The summed E-state index contributed by atoms with van der Waals surface area (Å²) in [6.45, 7) is 5.55. The number of aliphatic hydroxyl groups is 1. The van der Waals surface area contributed by atoms with Crippen molar-refractivity contribution in [1.82, 2.24) is 20.5 Å². The van der Waals surface area contributed by atoms with Crippen LogP contribution >= 0.6 is 0 Å². The zero-order valence-corrected chi connectivity index (χ0v) is 13.7. The number of aromatic nitrogens is 3. The van der Waals surface area contributed by atoms with Crippen LogP contribution in [-0.4, -0.2) is 38.5 Å². The molecule has 0 bridgehead atoms. The van der Waals surface area contributed by atoms with E-state index in [1.165, 1.54) is 0 Å². The van der Waals surface area contributed by atoms with Crippen LogP contribution in [0, 0.1) is 6.92 Å². The Bertz CT molecular complexity index is 670. The molecule has 2 rings (SSSR count). The SMILES string of the molecule is CCCC(C)(CO)NC(=O)Nc1cccc(-c2n[nH]c(C)n2)c1. The van der Waals surface area contributed by atoms with E-state index in [-0.39, 0.29) is 12.6 Å². The molecule has 2 aromatic rings. The standard InChI is InChI=1S/C16H23N5O2/c1-4-8-16(3,10-22)19-15(23)18-13-7-5-6-12(9-13)14-17-11(2)20-21-14/h5-7,9,22H,4,8,10H2,1-3H3,(H,17,20,21)(H2,18,19,23). The lowest BCUT2D eigenvalue weighted by Gasteiger charge is -2.28. The number of nitrogens with zero attached hydrogens (tertiary/aromatic N) is 2. The molecule has 7 nitrogen and oxygen atoms in total. The van der Waals surface area contributed by atoms with Crippen LogP contribution in [0.3, 0.4) is 0 Å². The van der Waals surface area contributed by atoms with Gasteiger partial charge in [0.05, 0.1) is 12.1 Å². The lowest BCUT2D eigenvalue weighted by Crippen LogP contribution is -2.50. The van der Waals surface area contributed by atoms with Crippen LogP contribution in [0.2, 0.25) is 0 Å². The van der Waals surface area contributed by atoms with Gasteiger partial charge in [0.25, 0.3) is 0 Å². The van der Waals surface area contributed by atoms with Crippen LogP contribution in [0.15, 0.2) is 24.3 Å². The number of H-pyrrole nitrogens is 1. The van der Waals surface area contributed by atoms with E-state index >= 15 is 0 Å². The Morgan fingerprint density at radius 1 is 1.43 bits per heavy atom. The zero-order chi connectivity index (χ0) is 16.9. The summed E-state index contributed by atoms with van der Waals surface area (Å²) >= 11 is 0. The number of anilines is 1. The van der Waals surface area contributed by atoms with Gasteiger partial charge in [-0.1, -0.05) is 25.5 Å². The number of aryl methyl sites for hydroxylation is 1. The number of hydrogen-bond donors (Lipinski definition) is 4. The topological polar surface area (TPSA) is 103 Å². The first-order valence-electron chi connectivity index (χ1n) is 7.65. The van der Waals surface area contributed by atoms with E-state index < -0.39 is 5.54 Å². The maximum Gasteiger partial charge on any atom is 0.319 e. The summed E-state index contributed by atoms with van der Waals surface area (Å²) in [6.07, 6.45) is 1.57. The number of aliphatic hydroxyl groups excluding tert-OH is 1. The molecule has 23 heavy (non-hydrogen) atoms. The summed E-state index contributed by atoms with van der Waals surface area (Å²) < 4.78 is 0. The fraction of sp³-hybridized carbons (Fsp3) is 0.438. The number of carbonyl (C=O) groups excluding carboxylic acids is 1. The fourth-order valence-electron chi connectivity index (χ4n) is 2.38. The van der Waals surface area contributed by atoms with Crippen molar-refractivity contribution >= 4 is 11.7 Å². The third kappa shape index (κ3) is 4.53. The minimum Gasteiger partial charge on any atom is -0.394 e. The molecule has 0 aliphatic heterocycles. The molecule has 1 unspecified atom stereocenters. The van der Waals surface area contributed by atoms with Crippen molar-refractivity contribution < 1.29 is 9.90 Å². The molecule has 124 valence electrons. The Balaban J connectivity index is 2.07. The van der Waals surface area contributed by atoms with Crippen LogP contribution in [0.5, 0.6) is 0 Å². The molecular formula is C16H23N5O2. The number of urea groups is 1. The predicted octanol–water partition coefficient (Wildman–Crippen LogP) is 2.45. The maximum absolute atomic E-state index is 12.1. The molecule has 0 spiro atoms. The normalized spacial score (nSPS) is 13.4. The van der Waals surface area contributed by atoms with Gasteiger partial charge in [-0.3, -0.25) is 5.10 Å². The monoisotopic (exact) mass is 317 g/mol. The van der Waals surface area contributed by atoms with Crippen molar-refractivity contribution in [2.75, 3.05) is 11.9 Å². The molecule has 0 aliphatic carbocycles. The second-order valence-corrected chi connectivity index (χ2v) is 5.87. The molecule has 2 amide bonds. The van der Waals surface area contributed by atoms with Gasteiger partial charge < -0.3 is 15.7 Å². The van der Waals surface area contributed by atoms with Gasteiger partial charge in [0, 0.05) is 11.3 Å². The first-order chi connectivity index (χ1) is 11.0. The molecule has 1 aromatic carbocycles. The summed E-state index contributed by atoms with van der Waals surface area (Å²) in [7, 11) is 0. The van der Waals surface area contributed by atoms with Crippen LogP contribution < -0.4 is 10.6 Å². The van der Waals surface area contributed by atoms with Gasteiger partial charge >= 0.3 is 6.03 Å². The Hall–Kier alpha value is -2.41. The summed E-state index contributed by atoms with van der Waals surface area (Å²) in [5.74, 6) is 1.31. The van der Waals surface area contributed by atoms with E-state index in [0.29, 0.717) is 17.9 Å². The van der Waals surface area contributed by atoms with Gasteiger partial charge in [-0.2, -0.15) is 5.10 Å². The summed E-state index contributed by atoms with van der Waals surface area (Å²) in [5.41, 5.74) is 0.821. The van der Waals surface area contributed by atoms with Gasteiger partial charge in [0.1, 0.15) is 5.82 Å². The fourth-order valence-corrected chi connectivity index (χ4v) is 2.38. The third-order valence-corrected chi connectivity index (χ3v) is 3.54. The van der Waals surface area contributed by atoms with Crippen molar-refractivity contribution in [3.05, 3.63) is 30.1 Å². The van der Waals surface area contributed by atoms with E-state index in [0.717, 1.165) is 17.8 Å². The second kappa shape index (κ2) is 7.23. The molecule has 1 heterocycles. The predicted molar refractivity (Wildman–Crippen MR) is 89.1 cm³/mol. The molecule has 1 aromatic heterocycles. The Labute approximate surface area is 135 Å². The molecular weight excluding hydrogens is 294 g/mol. The number of hydrogen-bond acceptors (Lipinski definition) is 4. The molecule has 7 heteroatoms. The van der Waals surface area contributed by atoms with Gasteiger partial charge in [0.2, 0.25) is 0 Å². The van der Waals surface area contributed by atoms with Crippen molar-refractivity contribution in [3.63, 3.8) is 0 Å². The highest BCUT2D eigenvalue weighted by Gasteiger charge is 2.24. The molecule has 4 N–H and O–H groups in total. The van der Waals surface area contributed by atoms with E-state index in [9.17, 15) is 9.90 Å². The van der Waals surface area contributed by atoms with E-state index in [2.05, 4.69) is 25.8 Å². The summed E-state index contributed by atoms with van der Waals surface area (Å²) in [4.78, 5) is 16.4. The van der Waals surface area contributed by atoms with Crippen LogP contribution in [0.25, 0.3) is 11.4 Å². The molecule has 0 fully saturated rings. The average molecular weight is 317 g/mol. The Kier molecular flexibility index (Phi) is 5.33. The molecule has 0 saturated heterocycles. The quantitative estimate of drug-likeness (QED) is 0.657. The average Bonchev–Trinajstić information content (AvgIpc) is 2.94. The number of rotatable bonds is 6. The summed E-state index contributed by atoms with van der Waals surface area (Å²) in [5, 5.41) is 22.0. The lowest BCUT2D eigenvalue weighted by atomic mass is 9.98. The number of aromatic amines is 1. The minimum atomic E-state index is -0.628. The van der Waals surface area contributed by atoms with Crippen molar-refractivity contribution in [1.29, 1.82) is 0 Å². The van der Waals surface area contributed by atoms with Crippen molar-refractivity contribution in [3.8, 4) is 11.4 Å². The molecule has 0 aliphatic rings. The second-order valence-electron chi connectivity index (χ2n) is 5.87. The van der Waals surface area contributed by atoms with Crippen LogP contribution in [0.4, 0.5) is 10.5 Å². The van der Waals surface area contributed by atoms with E-state index in [1.807, 2.05) is 32.9 Å². The highest BCUT2D eigenvalue weighted by molar-refractivity contribution is 5.90. The largest absolute Gasteiger partial charge is 0.394 e. The number of nitrogens with one attached hydrogen (secondary N) is 3. The lowest BCUT2D eigenvalue weighted by molar-refractivity contribution is 0.167. The first kappa shape index (κ1) is 17.0. The van der Waals surface area contributed by atoms with Crippen LogP contribution in [0.1, 0.15) is 32.5 Å². The highest BCUT2D eigenvalue weighted by atomic mass is 16.3. The number of benzene rings is 1. The van der Waals surface area contributed by atoms with E-state index in [4.69, 9.17) is 0 Å². The Morgan fingerprint density at radius 3 is 2.83 bits per heavy atom. The van der Waals surface area contributed by atoms with Crippen molar-refractivity contribution in [2.24, 2.45) is 0 Å². The minimum absolute atomic E-state index is 0.106. The Morgan fingerprint density at radius 2 is 2.22 bits per heavy atom. The zero-order valence-electron chi connectivity index (χ0n) is 13.7. The van der Waals surface area contributed by atoms with Gasteiger partial charge in [0.15, 0.2) is 5.82 Å². The number of amides is 2. The van der Waals surface area contributed by atoms with Crippen LogP contribution in [-0.2, 0) is 0 Å². The molecule has 0 radical (unpaired) electrons. The van der Waals surface area contributed by atoms with E-state index in [1.54, 1.807) is 12.1 Å². The van der Waals surface area contributed by atoms with Gasteiger partial charge in [-0.25, -0.2) is 9.78 Å². The smallest absolute Gasteiger partial charge is 0.319 e. The highest BCUT2D eigenvalue weighted by Crippen LogP contribution is 2.19. The summed E-state index contributed by atoms with van der Waals surface area (Å²) in [6, 6.07) is 6.95. The van der Waals surface area contributed by atoms with Gasteiger partial charge in [-0.15, -0.1) is 0 Å². The molecule has 0 saturated carbocycles. The first-order valence-corrected chi connectivity index (χ1v) is 7.65. The number of carbonyl (C=O) groups is 1. The van der Waals surface area contributed by atoms with Crippen molar-refractivity contribution in [2.45, 2.75) is 39.2 Å². The van der Waals surface area contributed by atoms with Gasteiger partial charge in [-0.05, 0) is 32.4 Å². The molecule has 1 atom stereocenters. The third-order valence-electron chi connectivity index (χ3n) is 3.54. The maximum atomic E-state index is 12.1.